The van der Waals surface area contributed by atoms with Crippen molar-refractivity contribution < 1.29 is 14.4 Å². The number of carbonyl (C=O) groups excluding carboxylic acids is 3. The zero-order valence-electron chi connectivity index (χ0n) is 18.5. The number of aryl methyl sites for hydroxylation is 1. The second-order valence-electron chi connectivity index (χ2n) is 8.24. The van der Waals surface area contributed by atoms with Crippen molar-refractivity contribution in [2.75, 3.05) is 18.0 Å². The summed E-state index contributed by atoms with van der Waals surface area (Å²) in [5.74, 6) is -1.01. The van der Waals surface area contributed by atoms with Crippen molar-refractivity contribution in [1.29, 1.82) is 0 Å². The van der Waals surface area contributed by atoms with Gasteiger partial charge in [-0.2, -0.15) is 0 Å². The molecule has 0 aromatic heterocycles. The summed E-state index contributed by atoms with van der Waals surface area (Å²) in [6, 6.07) is 25.2. The number of benzene rings is 4. The first-order chi connectivity index (χ1) is 16.5. The van der Waals surface area contributed by atoms with Crippen LogP contribution in [0.2, 0.25) is 5.02 Å². The van der Waals surface area contributed by atoms with E-state index in [1.54, 1.807) is 41.3 Å². The van der Waals surface area contributed by atoms with Crippen molar-refractivity contribution in [3.05, 3.63) is 112 Å². The van der Waals surface area contributed by atoms with Crippen LogP contribution in [-0.2, 0) is 0 Å². The van der Waals surface area contributed by atoms with Gasteiger partial charge in [-0.15, -0.1) is 0 Å². The minimum atomic E-state index is -0.358. The minimum absolute atomic E-state index is 0.0481. The van der Waals surface area contributed by atoms with Crippen molar-refractivity contribution in [3.63, 3.8) is 0 Å². The van der Waals surface area contributed by atoms with Crippen LogP contribution in [0.4, 0.5) is 5.69 Å². The summed E-state index contributed by atoms with van der Waals surface area (Å²) in [4.78, 5) is 42.8. The predicted octanol–water partition coefficient (Wildman–Crippen LogP) is 5.74. The second kappa shape index (κ2) is 8.76. The van der Waals surface area contributed by atoms with Gasteiger partial charge in [-0.3, -0.25) is 19.3 Å². The van der Waals surface area contributed by atoms with Crippen LogP contribution in [-0.4, -0.2) is 35.7 Å². The first-order valence-electron chi connectivity index (χ1n) is 11.0. The fraction of sp³-hybridized carbons (Fsp3) is 0.107. The van der Waals surface area contributed by atoms with Gasteiger partial charge >= 0.3 is 0 Å². The average Bonchev–Trinajstić information content (AvgIpc) is 2.85. The fourth-order valence-electron chi connectivity index (χ4n) is 4.34. The monoisotopic (exact) mass is 468 g/mol. The molecule has 0 aliphatic carbocycles. The Bertz CT molecular complexity index is 1400. The van der Waals surface area contributed by atoms with Crippen molar-refractivity contribution >= 4 is 45.8 Å². The molecule has 0 bridgehead atoms. The van der Waals surface area contributed by atoms with E-state index in [0.717, 1.165) is 10.9 Å². The molecule has 168 valence electrons. The zero-order valence-corrected chi connectivity index (χ0v) is 19.3. The van der Waals surface area contributed by atoms with Gasteiger partial charge in [0.05, 0.1) is 10.6 Å². The van der Waals surface area contributed by atoms with Crippen molar-refractivity contribution in [2.45, 2.75) is 6.92 Å². The Morgan fingerprint density at radius 1 is 0.824 bits per heavy atom. The molecule has 1 heterocycles. The number of anilines is 1. The molecule has 34 heavy (non-hydrogen) atoms. The number of imide groups is 1. The van der Waals surface area contributed by atoms with Gasteiger partial charge in [-0.05, 0) is 48.7 Å². The first kappa shape index (κ1) is 21.9. The Balaban J connectivity index is 1.48. The number of rotatable bonds is 5. The molecule has 0 unspecified atom stereocenters. The summed E-state index contributed by atoms with van der Waals surface area (Å²) in [6.45, 7) is 2.14. The van der Waals surface area contributed by atoms with Crippen molar-refractivity contribution in [3.8, 4) is 0 Å². The van der Waals surface area contributed by atoms with E-state index in [4.69, 9.17) is 11.6 Å². The summed E-state index contributed by atoms with van der Waals surface area (Å²) < 4.78 is 0. The topological polar surface area (TPSA) is 57.7 Å². The van der Waals surface area contributed by atoms with Gasteiger partial charge in [0.2, 0.25) is 0 Å². The smallest absolute Gasteiger partial charge is 0.261 e. The molecule has 4 aromatic carbocycles. The predicted molar refractivity (Wildman–Crippen MR) is 134 cm³/mol. The standard InChI is InChI=1S/C28H21ClN2O3/c1-18-12-14-20(15-13-18)30(26(32)21-8-2-3-11-24(21)29)16-17-31-27(33)22-9-4-6-19-7-5-10-23(25(19)22)28(31)34/h2-15H,16-17H2,1H3. The normalized spacial score (nSPS) is 12.8. The van der Waals surface area contributed by atoms with Crippen LogP contribution >= 0.6 is 11.6 Å². The van der Waals surface area contributed by atoms with Gasteiger partial charge in [0.15, 0.2) is 0 Å². The average molecular weight is 469 g/mol. The molecule has 0 saturated heterocycles. The summed E-state index contributed by atoms with van der Waals surface area (Å²) in [6.07, 6.45) is 0. The third-order valence-electron chi connectivity index (χ3n) is 6.10. The lowest BCUT2D eigenvalue weighted by Gasteiger charge is -2.30. The van der Waals surface area contributed by atoms with Gasteiger partial charge < -0.3 is 4.90 Å². The molecule has 0 atom stereocenters. The van der Waals surface area contributed by atoms with Crippen molar-refractivity contribution in [1.82, 2.24) is 4.90 Å². The first-order valence-corrected chi connectivity index (χ1v) is 11.3. The Labute approximate surface area is 202 Å². The number of nitrogens with zero attached hydrogens (tertiary/aromatic N) is 2. The Morgan fingerprint density at radius 2 is 1.44 bits per heavy atom. The van der Waals surface area contributed by atoms with Gasteiger partial charge in [0.25, 0.3) is 17.7 Å². The summed E-state index contributed by atoms with van der Waals surface area (Å²) in [5.41, 5.74) is 3.06. The van der Waals surface area contributed by atoms with Gasteiger partial charge in [-0.1, -0.05) is 65.7 Å². The van der Waals surface area contributed by atoms with Crippen LogP contribution in [0.25, 0.3) is 10.8 Å². The van der Waals surface area contributed by atoms with Crippen LogP contribution in [0.1, 0.15) is 36.6 Å². The highest BCUT2D eigenvalue weighted by Gasteiger charge is 2.33. The highest BCUT2D eigenvalue weighted by molar-refractivity contribution is 6.34. The van der Waals surface area contributed by atoms with E-state index in [-0.39, 0.29) is 30.8 Å². The quantitative estimate of drug-likeness (QED) is 0.351. The van der Waals surface area contributed by atoms with Gasteiger partial charge in [-0.25, -0.2) is 0 Å². The molecule has 0 N–H and O–H groups in total. The number of halogens is 1. The summed E-state index contributed by atoms with van der Waals surface area (Å²) >= 11 is 6.31. The fourth-order valence-corrected chi connectivity index (χ4v) is 4.55. The second-order valence-corrected chi connectivity index (χ2v) is 8.65. The van der Waals surface area contributed by atoms with E-state index < -0.39 is 0 Å². The van der Waals surface area contributed by atoms with E-state index >= 15 is 0 Å². The van der Waals surface area contributed by atoms with Crippen LogP contribution < -0.4 is 4.90 Å². The lowest BCUT2D eigenvalue weighted by atomic mass is 9.94. The molecule has 3 amide bonds. The highest BCUT2D eigenvalue weighted by atomic mass is 35.5. The van der Waals surface area contributed by atoms with E-state index in [9.17, 15) is 14.4 Å². The van der Waals surface area contributed by atoms with E-state index in [1.165, 1.54) is 4.90 Å². The molecule has 0 fully saturated rings. The van der Waals surface area contributed by atoms with E-state index in [2.05, 4.69) is 0 Å². The van der Waals surface area contributed by atoms with Crippen LogP contribution in [0, 0.1) is 6.92 Å². The van der Waals surface area contributed by atoms with Gasteiger partial charge in [0.1, 0.15) is 0 Å². The molecular weight excluding hydrogens is 448 g/mol. The molecule has 0 saturated carbocycles. The molecule has 1 aliphatic heterocycles. The maximum atomic E-state index is 13.5. The summed E-state index contributed by atoms with van der Waals surface area (Å²) in [5, 5.41) is 1.88. The number of amides is 3. The maximum Gasteiger partial charge on any atom is 0.261 e. The Morgan fingerprint density at radius 3 is 2.06 bits per heavy atom. The molecule has 6 heteroatoms. The molecule has 1 aliphatic rings. The lowest BCUT2D eigenvalue weighted by Crippen LogP contribution is -2.46. The van der Waals surface area contributed by atoms with Crippen LogP contribution in [0.3, 0.4) is 0 Å². The summed E-state index contributed by atoms with van der Waals surface area (Å²) in [7, 11) is 0. The molecule has 5 rings (SSSR count). The third kappa shape index (κ3) is 3.74. The number of carbonyl (C=O) groups is 3. The lowest BCUT2D eigenvalue weighted by molar-refractivity contribution is 0.0611. The Hall–Kier alpha value is -3.96. The van der Waals surface area contributed by atoms with Crippen LogP contribution in [0.5, 0.6) is 0 Å². The molecule has 5 nitrogen and oxygen atoms in total. The maximum absolute atomic E-state index is 13.5. The molecule has 4 aromatic rings. The Kier molecular flexibility index (Phi) is 5.64. The minimum Gasteiger partial charge on any atom is -0.307 e. The third-order valence-corrected chi connectivity index (χ3v) is 6.43. The number of hydrogen-bond donors (Lipinski definition) is 0. The SMILES string of the molecule is Cc1ccc(N(CCN2C(=O)c3cccc4cccc(c34)C2=O)C(=O)c2ccccc2Cl)cc1. The molecule has 0 spiro atoms. The van der Waals surface area contributed by atoms with Crippen LogP contribution in [0.15, 0.2) is 84.9 Å². The van der Waals surface area contributed by atoms with E-state index in [0.29, 0.717) is 32.8 Å². The molecule has 0 radical (unpaired) electrons. The van der Waals surface area contributed by atoms with Gasteiger partial charge in [0, 0.05) is 35.3 Å². The highest BCUT2D eigenvalue weighted by Crippen LogP contribution is 2.30. The number of hydrogen-bond acceptors (Lipinski definition) is 3. The van der Waals surface area contributed by atoms with E-state index in [1.807, 2.05) is 55.5 Å². The zero-order chi connectivity index (χ0) is 23.8. The van der Waals surface area contributed by atoms with Crippen molar-refractivity contribution in [2.24, 2.45) is 0 Å². The molecular formula is C28H21ClN2O3. The largest absolute Gasteiger partial charge is 0.307 e.